The highest BCUT2D eigenvalue weighted by Gasteiger charge is 2.40. The summed E-state index contributed by atoms with van der Waals surface area (Å²) < 4.78 is 0. The number of rotatable bonds is 3. The Labute approximate surface area is 107 Å². The first kappa shape index (κ1) is 12.2. The van der Waals surface area contributed by atoms with Crippen molar-refractivity contribution in [3.63, 3.8) is 0 Å². The van der Waals surface area contributed by atoms with E-state index in [-0.39, 0.29) is 5.54 Å². The summed E-state index contributed by atoms with van der Waals surface area (Å²) in [5, 5.41) is 0.738. The topological polar surface area (TPSA) is 41.6 Å². The van der Waals surface area contributed by atoms with Gasteiger partial charge in [-0.2, -0.15) is 0 Å². The van der Waals surface area contributed by atoms with Gasteiger partial charge in [0, 0.05) is 10.7 Å². The first-order chi connectivity index (χ1) is 8.13. The van der Waals surface area contributed by atoms with Crippen molar-refractivity contribution in [3.05, 3.63) is 29.3 Å². The molecule has 0 bridgehead atoms. The standard InChI is InChI=1S/C13H18ClN3/c1-3-13(4-2)9-16-12(15)17(13)11-7-5-10(14)6-8-11/h5-8H,3-4,9H2,1-2H3,(H2,15,16). The minimum absolute atomic E-state index is 0.0257. The molecule has 4 heteroatoms. The lowest BCUT2D eigenvalue weighted by Crippen LogP contribution is -2.51. The van der Waals surface area contributed by atoms with Crippen LogP contribution in [-0.4, -0.2) is 18.0 Å². The van der Waals surface area contributed by atoms with Crippen molar-refractivity contribution in [2.45, 2.75) is 32.2 Å². The summed E-state index contributed by atoms with van der Waals surface area (Å²) in [4.78, 5) is 6.54. The Balaban J connectivity index is 2.40. The Bertz CT molecular complexity index is 421. The van der Waals surface area contributed by atoms with Crippen molar-refractivity contribution in [1.82, 2.24) is 0 Å². The molecule has 2 N–H and O–H groups in total. The smallest absolute Gasteiger partial charge is 0.196 e. The van der Waals surface area contributed by atoms with E-state index in [1.807, 2.05) is 24.3 Å². The minimum atomic E-state index is 0.0257. The second kappa shape index (κ2) is 4.57. The molecule has 1 aromatic rings. The number of hydrogen-bond donors (Lipinski definition) is 1. The van der Waals surface area contributed by atoms with E-state index >= 15 is 0 Å². The van der Waals surface area contributed by atoms with Crippen LogP contribution >= 0.6 is 11.6 Å². The van der Waals surface area contributed by atoms with Crippen LogP contribution in [0.1, 0.15) is 26.7 Å². The maximum absolute atomic E-state index is 6.02. The van der Waals surface area contributed by atoms with Gasteiger partial charge in [0.05, 0.1) is 12.1 Å². The van der Waals surface area contributed by atoms with Gasteiger partial charge < -0.3 is 10.6 Å². The number of anilines is 1. The van der Waals surface area contributed by atoms with Crippen LogP contribution < -0.4 is 10.6 Å². The molecule has 0 unspecified atom stereocenters. The summed E-state index contributed by atoms with van der Waals surface area (Å²) in [6.07, 6.45) is 2.05. The van der Waals surface area contributed by atoms with Gasteiger partial charge in [-0.1, -0.05) is 25.4 Å². The number of nitrogens with zero attached hydrogens (tertiary/aromatic N) is 2. The molecule has 1 aliphatic heterocycles. The highest BCUT2D eigenvalue weighted by Crippen LogP contribution is 2.34. The molecule has 1 aliphatic rings. The predicted molar refractivity (Wildman–Crippen MR) is 73.7 cm³/mol. The minimum Gasteiger partial charge on any atom is -0.369 e. The fourth-order valence-corrected chi connectivity index (χ4v) is 2.52. The van der Waals surface area contributed by atoms with Gasteiger partial charge in [0.2, 0.25) is 0 Å². The zero-order valence-electron chi connectivity index (χ0n) is 10.3. The van der Waals surface area contributed by atoms with Crippen molar-refractivity contribution >= 4 is 23.2 Å². The van der Waals surface area contributed by atoms with Crippen LogP contribution in [0, 0.1) is 0 Å². The molecule has 0 saturated heterocycles. The molecule has 0 atom stereocenters. The third-order valence-electron chi connectivity index (χ3n) is 3.64. The molecule has 0 aliphatic carbocycles. The van der Waals surface area contributed by atoms with Crippen LogP contribution in [0.25, 0.3) is 0 Å². The number of guanidine groups is 1. The van der Waals surface area contributed by atoms with E-state index in [1.165, 1.54) is 0 Å². The fraction of sp³-hybridized carbons (Fsp3) is 0.462. The first-order valence-electron chi connectivity index (χ1n) is 5.98. The molecule has 92 valence electrons. The molecule has 2 rings (SSSR count). The van der Waals surface area contributed by atoms with Crippen molar-refractivity contribution in [1.29, 1.82) is 0 Å². The van der Waals surface area contributed by atoms with Crippen LogP contribution in [0.2, 0.25) is 5.02 Å². The maximum atomic E-state index is 6.02. The highest BCUT2D eigenvalue weighted by atomic mass is 35.5. The first-order valence-corrected chi connectivity index (χ1v) is 6.36. The molecule has 0 radical (unpaired) electrons. The average molecular weight is 252 g/mol. The lowest BCUT2D eigenvalue weighted by molar-refractivity contribution is 0.426. The fourth-order valence-electron chi connectivity index (χ4n) is 2.40. The van der Waals surface area contributed by atoms with E-state index in [0.29, 0.717) is 5.96 Å². The second-order valence-electron chi connectivity index (χ2n) is 4.42. The largest absolute Gasteiger partial charge is 0.369 e. The second-order valence-corrected chi connectivity index (χ2v) is 4.85. The molecular formula is C13H18ClN3. The molecule has 0 saturated carbocycles. The Morgan fingerprint density at radius 3 is 2.41 bits per heavy atom. The average Bonchev–Trinajstić information content (AvgIpc) is 2.68. The molecular weight excluding hydrogens is 234 g/mol. The summed E-state index contributed by atoms with van der Waals surface area (Å²) >= 11 is 5.91. The molecule has 0 fully saturated rings. The summed E-state index contributed by atoms with van der Waals surface area (Å²) in [5.41, 5.74) is 7.11. The zero-order valence-corrected chi connectivity index (χ0v) is 11.0. The third-order valence-corrected chi connectivity index (χ3v) is 3.89. The molecule has 0 spiro atoms. The van der Waals surface area contributed by atoms with Gasteiger partial charge in [-0.25, -0.2) is 0 Å². The van der Waals surface area contributed by atoms with Crippen LogP contribution in [0.5, 0.6) is 0 Å². The van der Waals surface area contributed by atoms with Crippen molar-refractivity contribution < 1.29 is 0 Å². The van der Waals surface area contributed by atoms with Crippen LogP contribution in [0.3, 0.4) is 0 Å². The van der Waals surface area contributed by atoms with E-state index in [1.54, 1.807) is 0 Å². The van der Waals surface area contributed by atoms with Crippen LogP contribution in [0.4, 0.5) is 5.69 Å². The zero-order chi connectivity index (χ0) is 12.5. The van der Waals surface area contributed by atoms with Gasteiger partial charge in [-0.05, 0) is 37.1 Å². The van der Waals surface area contributed by atoms with Gasteiger partial charge in [-0.3, -0.25) is 4.99 Å². The summed E-state index contributed by atoms with van der Waals surface area (Å²) in [6.45, 7) is 5.13. The number of halogens is 1. The van der Waals surface area contributed by atoms with E-state index in [9.17, 15) is 0 Å². The summed E-state index contributed by atoms with van der Waals surface area (Å²) in [7, 11) is 0. The Morgan fingerprint density at radius 2 is 1.88 bits per heavy atom. The SMILES string of the molecule is CCC1(CC)CN=C(N)N1c1ccc(Cl)cc1. The van der Waals surface area contributed by atoms with E-state index in [0.717, 1.165) is 30.1 Å². The van der Waals surface area contributed by atoms with Crippen molar-refractivity contribution in [2.24, 2.45) is 10.7 Å². The Kier molecular flexibility index (Phi) is 3.29. The Hall–Kier alpha value is -1.22. The van der Waals surface area contributed by atoms with Gasteiger partial charge in [0.15, 0.2) is 5.96 Å². The van der Waals surface area contributed by atoms with E-state index < -0.39 is 0 Å². The van der Waals surface area contributed by atoms with Gasteiger partial charge in [0.25, 0.3) is 0 Å². The molecule has 17 heavy (non-hydrogen) atoms. The van der Waals surface area contributed by atoms with Crippen LogP contribution in [-0.2, 0) is 0 Å². The molecule has 1 aromatic carbocycles. The number of aliphatic imine (C=N–C) groups is 1. The molecule has 0 aromatic heterocycles. The summed E-state index contributed by atoms with van der Waals surface area (Å²) in [6, 6.07) is 7.77. The number of hydrogen-bond acceptors (Lipinski definition) is 3. The lowest BCUT2D eigenvalue weighted by atomic mass is 9.91. The molecule has 0 amide bonds. The lowest BCUT2D eigenvalue weighted by Gasteiger charge is -2.38. The summed E-state index contributed by atoms with van der Waals surface area (Å²) in [5.74, 6) is 0.607. The normalized spacial score (nSPS) is 18.3. The molecule has 3 nitrogen and oxygen atoms in total. The number of nitrogens with two attached hydrogens (primary N) is 1. The van der Waals surface area contributed by atoms with Gasteiger partial charge >= 0.3 is 0 Å². The van der Waals surface area contributed by atoms with Crippen molar-refractivity contribution in [2.75, 3.05) is 11.4 Å². The van der Waals surface area contributed by atoms with Gasteiger partial charge in [-0.15, -0.1) is 0 Å². The third kappa shape index (κ3) is 2.00. The van der Waals surface area contributed by atoms with Crippen molar-refractivity contribution in [3.8, 4) is 0 Å². The van der Waals surface area contributed by atoms with Crippen LogP contribution in [0.15, 0.2) is 29.3 Å². The number of benzene rings is 1. The highest BCUT2D eigenvalue weighted by molar-refractivity contribution is 6.30. The van der Waals surface area contributed by atoms with Gasteiger partial charge in [0.1, 0.15) is 0 Å². The predicted octanol–water partition coefficient (Wildman–Crippen LogP) is 3.03. The molecule has 1 heterocycles. The Morgan fingerprint density at radius 1 is 1.29 bits per heavy atom. The maximum Gasteiger partial charge on any atom is 0.196 e. The quantitative estimate of drug-likeness (QED) is 0.897. The monoisotopic (exact) mass is 251 g/mol. The van der Waals surface area contributed by atoms with E-state index in [2.05, 4.69) is 23.7 Å². The van der Waals surface area contributed by atoms with E-state index in [4.69, 9.17) is 17.3 Å².